The SMILES string of the molecule is CN1[C@@H]2CC[C@H]1C[C@@H](CC(Cc1ccccc1S(N)(=O)=O)(c1ccccc1)c1ccccc1)C2. The number of nitrogens with zero attached hydrogens (tertiary/aromatic N) is 1. The summed E-state index contributed by atoms with van der Waals surface area (Å²) in [5.41, 5.74) is 2.91. The molecule has 2 N–H and O–H groups in total. The first-order valence-electron chi connectivity index (χ1n) is 12.3. The molecule has 0 aliphatic carbocycles. The van der Waals surface area contributed by atoms with Gasteiger partial charge in [0.15, 0.2) is 0 Å². The van der Waals surface area contributed by atoms with Gasteiger partial charge in [-0.1, -0.05) is 78.9 Å². The average Bonchev–Trinajstić information content (AvgIpc) is 3.04. The number of primary sulfonamides is 1. The van der Waals surface area contributed by atoms with Crippen LogP contribution in [0.5, 0.6) is 0 Å². The summed E-state index contributed by atoms with van der Waals surface area (Å²) in [7, 11) is -1.54. The molecule has 0 saturated carbocycles. The summed E-state index contributed by atoms with van der Waals surface area (Å²) in [6.07, 6.45) is 6.55. The van der Waals surface area contributed by atoms with Gasteiger partial charge in [0.25, 0.3) is 0 Å². The lowest BCUT2D eigenvalue weighted by Crippen LogP contribution is -2.43. The van der Waals surface area contributed by atoms with Crippen LogP contribution in [0.4, 0.5) is 0 Å². The topological polar surface area (TPSA) is 63.4 Å². The monoisotopic (exact) mass is 474 g/mol. The number of hydrogen-bond acceptors (Lipinski definition) is 3. The van der Waals surface area contributed by atoms with E-state index in [0.717, 1.165) is 12.0 Å². The molecule has 178 valence electrons. The lowest BCUT2D eigenvalue weighted by atomic mass is 9.64. The average molecular weight is 475 g/mol. The molecule has 5 rings (SSSR count). The Labute approximate surface area is 203 Å². The van der Waals surface area contributed by atoms with Crippen LogP contribution >= 0.6 is 0 Å². The third-order valence-electron chi connectivity index (χ3n) is 8.26. The molecule has 2 bridgehead atoms. The van der Waals surface area contributed by atoms with Crippen LogP contribution in [0.15, 0.2) is 89.8 Å². The molecule has 0 unspecified atom stereocenters. The van der Waals surface area contributed by atoms with E-state index in [4.69, 9.17) is 5.14 Å². The molecule has 0 amide bonds. The van der Waals surface area contributed by atoms with Crippen LogP contribution < -0.4 is 5.14 Å². The van der Waals surface area contributed by atoms with Gasteiger partial charge in [-0.05, 0) is 74.2 Å². The van der Waals surface area contributed by atoms with Crippen LogP contribution in [0.25, 0.3) is 0 Å². The second-order valence-electron chi connectivity index (χ2n) is 10.2. The van der Waals surface area contributed by atoms with Gasteiger partial charge in [0.05, 0.1) is 4.90 Å². The molecule has 3 aromatic carbocycles. The van der Waals surface area contributed by atoms with Crippen LogP contribution in [-0.4, -0.2) is 32.4 Å². The zero-order valence-corrected chi connectivity index (χ0v) is 20.6. The molecule has 3 aromatic rings. The summed E-state index contributed by atoms with van der Waals surface area (Å²) in [6, 6.07) is 29.8. The van der Waals surface area contributed by atoms with Crippen molar-refractivity contribution in [2.45, 2.75) is 60.9 Å². The van der Waals surface area contributed by atoms with Gasteiger partial charge >= 0.3 is 0 Å². The molecular formula is C29H34N2O2S. The molecular weight excluding hydrogens is 440 g/mol. The van der Waals surface area contributed by atoms with Crippen LogP contribution in [0, 0.1) is 5.92 Å². The second-order valence-corrected chi connectivity index (χ2v) is 11.8. The van der Waals surface area contributed by atoms with Crippen molar-refractivity contribution >= 4 is 10.0 Å². The van der Waals surface area contributed by atoms with Crippen molar-refractivity contribution in [3.05, 3.63) is 102 Å². The lowest BCUT2D eigenvalue weighted by Gasteiger charge is -2.43. The highest BCUT2D eigenvalue weighted by Crippen LogP contribution is 2.47. The van der Waals surface area contributed by atoms with Gasteiger partial charge in [-0.3, -0.25) is 0 Å². The largest absolute Gasteiger partial charge is 0.300 e. The van der Waals surface area contributed by atoms with Crippen molar-refractivity contribution in [2.24, 2.45) is 11.1 Å². The van der Waals surface area contributed by atoms with E-state index < -0.39 is 10.0 Å². The van der Waals surface area contributed by atoms with Crippen LogP contribution in [0.2, 0.25) is 0 Å². The van der Waals surface area contributed by atoms with Gasteiger partial charge in [-0.25, -0.2) is 13.6 Å². The number of sulfonamides is 1. The maximum Gasteiger partial charge on any atom is 0.238 e. The standard InChI is InChI=1S/C29H34N2O2S/c1-31-26-16-17-27(31)19-22(18-26)20-29(24-11-4-2-5-12-24,25-13-6-3-7-14-25)21-23-10-8-9-15-28(23)34(30,32)33/h2-15,22,26-27H,16-21H2,1H3,(H2,30,32,33)/t22-,26+,27-. The zero-order valence-electron chi connectivity index (χ0n) is 19.8. The highest BCUT2D eigenvalue weighted by molar-refractivity contribution is 7.89. The van der Waals surface area contributed by atoms with E-state index in [1.54, 1.807) is 12.1 Å². The lowest BCUT2D eigenvalue weighted by molar-refractivity contribution is 0.118. The fourth-order valence-electron chi connectivity index (χ4n) is 6.63. The molecule has 2 fully saturated rings. The summed E-state index contributed by atoms with van der Waals surface area (Å²) >= 11 is 0. The zero-order chi connectivity index (χ0) is 23.8. The van der Waals surface area contributed by atoms with Gasteiger partial charge in [0.1, 0.15) is 0 Å². The molecule has 2 heterocycles. The number of piperidine rings is 1. The van der Waals surface area contributed by atoms with Crippen molar-refractivity contribution in [2.75, 3.05) is 7.05 Å². The number of hydrogen-bond donors (Lipinski definition) is 1. The Morgan fingerprint density at radius 2 is 1.32 bits per heavy atom. The summed E-state index contributed by atoms with van der Waals surface area (Å²) in [5.74, 6) is 0.579. The van der Waals surface area contributed by atoms with Crippen LogP contribution in [0.3, 0.4) is 0 Å². The summed E-state index contributed by atoms with van der Waals surface area (Å²) < 4.78 is 25.0. The Bertz CT molecular complexity index is 1170. The molecule has 3 atom stereocenters. The highest BCUT2D eigenvalue weighted by Gasteiger charge is 2.43. The van der Waals surface area contributed by atoms with E-state index in [-0.39, 0.29) is 10.3 Å². The first-order valence-corrected chi connectivity index (χ1v) is 13.9. The second kappa shape index (κ2) is 9.29. The Morgan fingerprint density at radius 1 is 0.824 bits per heavy atom. The molecule has 0 spiro atoms. The van der Waals surface area contributed by atoms with Gasteiger partial charge in [0.2, 0.25) is 10.0 Å². The minimum atomic E-state index is -3.82. The summed E-state index contributed by atoms with van der Waals surface area (Å²) in [4.78, 5) is 2.81. The quantitative estimate of drug-likeness (QED) is 0.517. The Balaban J connectivity index is 1.65. The minimum absolute atomic E-state index is 0.231. The molecule has 4 nitrogen and oxygen atoms in total. The molecule has 2 aliphatic rings. The predicted molar refractivity (Wildman–Crippen MR) is 137 cm³/mol. The normalized spacial score (nSPS) is 23.2. The maximum absolute atomic E-state index is 12.5. The van der Waals surface area contributed by atoms with Crippen molar-refractivity contribution in [3.8, 4) is 0 Å². The van der Waals surface area contributed by atoms with Gasteiger partial charge in [0, 0.05) is 17.5 Å². The number of rotatable bonds is 7. The highest BCUT2D eigenvalue weighted by atomic mass is 32.2. The molecule has 34 heavy (non-hydrogen) atoms. The predicted octanol–water partition coefficient (Wildman–Crippen LogP) is 5.13. The number of benzene rings is 3. The summed E-state index contributed by atoms with van der Waals surface area (Å²) in [6.45, 7) is 0. The van der Waals surface area contributed by atoms with Crippen molar-refractivity contribution in [1.82, 2.24) is 4.90 Å². The molecule has 2 aliphatic heterocycles. The van der Waals surface area contributed by atoms with E-state index >= 15 is 0 Å². The Morgan fingerprint density at radius 3 is 1.85 bits per heavy atom. The minimum Gasteiger partial charge on any atom is -0.300 e. The smallest absolute Gasteiger partial charge is 0.238 e. The van der Waals surface area contributed by atoms with Crippen molar-refractivity contribution in [3.63, 3.8) is 0 Å². The fourth-order valence-corrected chi connectivity index (χ4v) is 7.40. The van der Waals surface area contributed by atoms with E-state index in [9.17, 15) is 8.42 Å². The van der Waals surface area contributed by atoms with Crippen molar-refractivity contribution < 1.29 is 8.42 Å². The third-order valence-corrected chi connectivity index (χ3v) is 9.27. The van der Waals surface area contributed by atoms with Crippen LogP contribution in [-0.2, 0) is 21.9 Å². The van der Waals surface area contributed by atoms with Gasteiger partial charge < -0.3 is 4.90 Å². The van der Waals surface area contributed by atoms with E-state index in [1.807, 2.05) is 24.3 Å². The molecule has 0 aromatic heterocycles. The van der Waals surface area contributed by atoms with E-state index in [0.29, 0.717) is 24.4 Å². The fraction of sp³-hybridized carbons (Fsp3) is 0.379. The first-order chi connectivity index (χ1) is 16.4. The summed E-state index contributed by atoms with van der Waals surface area (Å²) in [5, 5.41) is 5.66. The Kier molecular flexibility index (Phi) is 6.36. The number of fused-ring (bicyclic) bond motifs is 2. The van der Waals surface area contributed by atoms with Gasteiger partial charge in [-0.2, -0.15) is 0 Å². The molecule has 2 saturated heterocycles. The van der Waals surface area contributed by atoms with E-state index in [2.05, 4.69) is 60.5 Å². The first kappa shape index (κ1) is 23.3. The van der Waals surface area contributed by atoms with E-state index in [1.165, 1.54) is 36.8 Å². The number of nitrogens with two attached hydrogens (primary N) is 1. The molecule has 0 radical (unpaired) electrons. The maximum atomic E-state index is 12.5. The van der Waals surface area contributed by atoms with Crippen molar-refractivity contribution in [1.29, 1.82) is 0 Å². The third kappa shape index (κ3) is 4.45. The van der Waals surface area contributed by atoms with Crippen LogP contribution in [0.1, 0.15) is 48.8 Å². The molecule has 5 heteroatoms. The Hall–Kier alpha value is -2.47. The van der Waals surface area contributed by atoms with Gasteiger partial charge in [-0.15, -0.1) is 0 Å².